The number of carbonyl (C=O) groups excluding carboxylic acids is 2. The number of thioether (sulfide) groups is 1. The molecule has 7 nitrogen and oxygen atoms in total. The molecular formula is C23H23ClN4O3S. The van der Waals surface area contributed by atoms with E-state index in [2.05, 4.69) is 24.1 Å². The van der Waals surface area contributed by atoms with Gasteiger partial charge in [-0.05, 0) is 48.2 Å². The summed E-state index contributed by atoms with van der Waals surface area (Å²) in [6, 6.07) is 12.4. The second-order valence-electron chi connectivity index (χ2n) is 7.66. The Morgan fingerprint density at radius 3 is 2.62 bits per heavy atom. The molecule has 0 saturated carbocycles. The lowest BCUT2D eigenvalue weighted by molar-refractivity contribution is -0.124. The Hall–Kier alpha value is -2.84. The molecule has 166 valence electrons. The Labute approximate surface area is 194 Å². The van der Waals surface area contributed by atoms with Gasteiger partial charge in [0.1, 0.15) is 0 Å². The monoisotopic (exact) mass is 470 g/mol. The summed E-state index contributed by atoms with van der Waals surface area (Å²) in [5, 5.41) is 3.90. The van der Waals surface area contributed by atoms with E-state index in [0.717, 1.165) is 18.2 Å². The van der Waals surface area contributed by atoms with Gasteiger partial charge in [0.15, 0.2) is 5.16 Å². The van der Waals surface area contributed by atoms with Crippen molar-refractivity contribution in [1.82, 2.24) is 19.8 Å². The van der Waals surface area contributed by atoms with E-state index in [0.29, 0.717) is 45.8 Å². The van der Waals surface area contributed by atoms with Crippen LogP contribution in [0.3, 0.4) is 0 Å². The van der Waals surface area contributed by atoms with Crippen molar-refractivity contribution >= 4 is 46.2 Å². The maximum Gasteiger partial charge on any atom is 0.324 e. The number of carbonyl (C=O) groups is 2. The van der Waals surface area contributed by atoms with Crippen LogP contribution < -0.4 is 10.9 Å². The Kier molecular flexibility index (Phi) is 6.53. The largest absolute Gasteiger partial charge is 0.336 e. The fourth-order valence-corrected chi connectivity index (χ4v) is 4.62. The second-order valence-corrected chi connectivity index (χ2v) is 9.04. The SMILES string of the molecule is CCC(C)c1ccc(-n2c(SCC(=O)N3CCNC3=O)nc3cc(Cl)ccc3c2=O)cc1. The fourth-order valence-electron chi connectivity index (χ4n) is 3.56. The maximum absolute atomic E-state index is 13.4. The number of rotatable bonds is 6. The van der Waals surface area contributed by atoms with Crippen LogP contribution in [0.25, 0.3) is 16.6 Å². The Morgan fingerprint density at radius 1 is 1.22 bits per heavy atom. The number of aromatic nitrogens is 2. The molecule has 2 heterocycles. The van der Waals surface area contributed by atoms with Crippen LogP contribution in [0.1, 0.15) is 31.7 Å². The molecule has 0 spiro atoms. The first-order chi connectivity index (χ1) is 15.4. The zero-order valence-electron chi connectivity index (χ0n) is 17.8. The molecule has 0 radical (unpaired) electrons. The third kappa shape index (κ3) is 4.38. The van der Waals surface area contributed by atoms with E-state index in [1.807, 2.05) is 24.3 Å². The lowest BCUT2D eigenvalue weighted by Gasteiger charge is -2.16. The van der Waals surface area contributed by atoms with Crippen LogP contribution in [-0.4, -0.2) is 45.2 Å². The van der Waals surface area contributed by atoms with Crippen molar-refractivity contribution in [3.05, 3.63) is 63.4 Å². The Morgan fingerprint density at radius 2 is 1.97 bits per heavy atom. The smallest absolute Gasteiger partial charge is 0.324 e. The number of benzene rings is 2. The topological polar surface area (TPSA) is 84.3 Å². The first kappa shape index (κ1) is 22.4. The minimum Gasteiger partial charge on any atom is -0.336 e. The van der Waals surface area contributed by atoms with Crippen molar-refractivity contribution in [2.45, 2.75) is 31.3 Å². The normalized spacial score (nSPS) is 14.6. The summed E-state index contributed by atoms with van der Waals surface area (Å²) in [5.74, 6) is 0.0662. The van der Waals surface area contributed by atoms with E-state index in [9.17, 15) is 14.4 Å². The molecule has 2 aromatic carbocycles. The van der Waals surface area contributed by atoms with Crippen LogP contribution in [0.15, 0.2) is 52.4 Å². The molecule has 1 aliphatic rings. The average Bonchev–Trinajstić information content (AvgIpc) is 3.23. The number of halogens is 1. The summed E-state index contributed by atoms with van der Waals surface area (Å²) in [7, 11) is 0. The highest BCUT2D eigenvalue weighted by Crippen LogP contribution is 2.25. The number of nitrogens with one attached hydrogen (secondary N) is 1. The lowest BCUT2D eigenvalue weighted by atomic mass is 9.98. The molecule has 32 heavy (non-hydrogen) atoms. The predicted molar refractivity (Wildman–Crippen MR) is 127 cm³/mol. The summed E-state index contributed by atoms with van der Waals surface area (Å²) in [4.78, 5) is 43.5. The summed E-state index contributed by atoms with van der Waals surface area (Å²) in [5.41, 5.74) is 2.08. The van der Waals surface area contributed by atoms with Gasteiger partial charge >= 0.3 is 6.03 Å². The molecule has 4 rings (SSSR count). The van der Waals surface area contributed by atoms with Gasteiger partial charge in [0.05, 0.1) is 22.3 Å². The molecule has 1 unspecified atom stereocenters. The molecule has 3 amide bonds. The molecule has 1 atom stereocenters. The van der Waals surface area contributed by atoms with E-state index in [1.165, 1.54) is 15.0 Å². The molecule has 9 heteroatoms. The van der Waals surface area contributed by atoms with Crippen molar-refractivity contribution in [3.8, 4) is 5.69 Å². The number of hydrogen-bond donors (Lipinski definition) is 1. The Bertz CT molecular complexity index is 1240. The third-order valence-corrected chi connectivity index (χ3v) is 6.77. The van der Waals surface area contributed by atoms with Crippen molar-refractivity contribution < 1.29 is 9.59 Å². The zero-order chi connectivity index (χ0) is 22.8. The van der Waals surface area contributed by atoms with Gasteiger partial charge in [-0.15, -0.1) is 0 Å². The molecule has 1 fully saturated rings. The van der Waals surface area contributed by atoms with E-state index >= 15 is 0 Å². The van der Waals surface area contributed by atoms with Gasteiger partial charge in [-0.3, -0.25) is 19.1 Å². The van der Waals surface area contributed by atoms with Gasteiger partial charge in [0.2, 0.25) is 5.91 Å². The predicted octanol–water partition coefficient (Wildman–Crippen LogP) is 4.20. The van der Waals surface area contributed by atoms with E-state index in [-0.39, 0.29) is 17.2 Å². The quantitative estimate of drug-likeness (QED) is 0.431. The lowest BCUT2D eigenvalue weighted by Crippen LogP contribution is -2.35. The highest BCUT2D eigenvalue weighted by Gasteiger charge is 2.26. The minimum atomic E-state index is -0.396. The molecule has 3 aromatic rings. The zero-order valence-corrected chi connectivity index (χ0v) is 19.4. The van der Waals surface area contributed by atoms with Crippen molar-refractivity contribution in [1.29, 1.82) is 0 Å². The van der Waals surface area contributed by atoms with Crippen molar-refractivity contribution in [2.24, 2.45) is 0 Å². The minimum absolute atomic E-state index is 0.0170. The number of urea groups is 1. The summed E-state index contributed by atoms with van der Waals surface area (Å²) in [6.45, 7) is 5.07. The van der Waals surface area contributed by atoms with Gasteiger partial charge in [0, 0.05) is 18.1 Å². The van der Waals surface area contributed by atoms with Crippen LogP contribution in [0.4, 0.5) is 4.79 Å². The van der Waals surface area contributed by atoms with Gasteiger partial charge in [0.25, 0.3) is 5.56 Å². The third-order valence-electron chi connectivity index (χ3n) is 5.62. The highest BCUT2D eigenvalue weighted by atomic mass is 35.5. The standard InChI is InChI=1S/C23H23ClN4O3S/c1-3-14(2)15-4-7-17(8-5-15)28-21(30)18-9-6-16(24)12-19(18)26-23(28)32-13-20(29)27-11-10-25-22(27)31/h4-9,12,14H,3,10-11,13H2,1-2H3,(H,25,31). The fraction of sp³-hybridized carbons (Fsp3) is 0.304. The number of amides is 3. The van der Waals surface area contributed by atoms with Crippen LogP contribution in [0.2, 0.25) is 5.02 Å². The molecule has 1 N–H and O–H groups in total. The molecule has 1 saturated heterocycles. The van der Waals surface area contributed by atoms with Gasteiger partial charge in [-0.2, -0.15) is 0 Å². The number of nitrogens with zero attached hydrogens (tertiary/aromatic N) is 3. The maximum atomic E-state index is 13.4. The van der Waals surface area contributed by atoms with Crippen LogP contribution >= 0.6 is 23.4 Å². The van der Waals surface area contributed by atoms with E-state index in [4.69, 9.17) is 11.6 Å². The highest BCUT2D eigenvalue weighted by molar-refractivity contribution is 7.99. The number of imide groups is 1. The van der Waals surface area contributed by atoms with Crippen molar-refractivity contribution in [2.75, 3.05) is 18.8 Å². The van der Waals surface area contributed by atoms with Gasteiger partial charge < -0.3 is 5.32 Å². The Balaban J connectivity index is 1.75. The van der Waals surface area contributed by atoms with E-state index in [1.54, 1.807) is 18.2 Å². The summed E-state index contributed by atoms with van der Waals surface area (Å²) in [6.07, 6.45) is 1.02. The second kappa shape index (κ2) is 9.34. The van der Waals surface area contributed by atoms with Crippen molar-refractivity contribution in [3.63, 3.8) is 0 Å². The first-order valence-corrected chi connectivity index (χ1v) is 11.8. The molecule has 0 bridgehead atoms. The molecule has 0 aliphatic carbocycles. The van der Waals surface area contributed by atoms with Gasteiger partial charge in [-0.25, -0.2) is 9.78 Å². The molecule has 1 aliphatic heterocycles. The summed E-state index contributed by atoms with van der Waals surface area (Å²) >= 11 is 7.24. The van der Waals surface area contributed by atoms with E-state index < -0.39 is 6.03 Å². The van der Waals surface area contributed by atoms with Crippen LogP contribution in [-0.2, 0) is 4.79 Å². The van der Waals surface area contributed by atoms with Gasteiger partial charge in [-0.1, -0.05) is 49.3 Å². The average molecular weight is 471 g/mol. The van der Waals surface area contributed by atoms with Crippen LogP contribution in [0.5, 0.6) is 0 Å². The number of fused-ring (bicyclic) bond motifs is 1. The summed E-state index contributed by atoms with van der Waals surface area (Å²) < 4.78 is 1.51. The molecule has 1 aromatic heterocycles. The number of hydrogen-bond acceptors (Lipinski definition) is 5. The first-order valence-electron chi connectivity index (χ1n) is 10.4. The van der Waals surface area contributed by atoms with Crippen LogP contribution in [0, 0.1) is 0 Å². The molecular weight excluding hydrogens is 448 g/mol.